The van der Waals surface area contributed by atoms with Gasteiger partial charge in [-0.1, -0.05) is 0 Å². The van der Waals surface area contributed by atoms with Crippen LogP contribution in [0.5, 0.6) is 0 Å². The van der Waals surface area contributed by atoms with Crippen molar-refractivity contribution in [3.05, 3.63) is 23.4 Å². The summed E-state index contributed by atoms with van der Waals surface area (Å²) in [5, 5.41) is 9.43. The lowest BCUT2D eigenvalue weighted by molar-refractivity contribution is 0.0577. The third-order valence-electron chi connectivity index (χ3n) is 5.98. The molecule has 0 amide bonds. The van der Waals surface area contributed by atoms with Gasteiger partial charge in [-0.15, -0.1) is 0 Å². The van der Waals surface area contributed by atoms with Crippen LogP contribution in [0.25, 0.3) is 0 Å². The molecule has 3 saturated carbocycles. The molecular formula is C17H22N2O2. The van der Waals surface area contributed by atoms with Crippen LogP contribution >= 0.6 is 0 Å². The quantitative estimate of drug-likeness (QED) is 0.908. The van der Waals surface area contributed by atoms with Crippen LogP contribution in [-0.2, 0) is 0 Å². The summed E-state index contributed by atoms with van der Waals surface area (Å²) in [7, 11) is 0. The number of pyridine rings is 1. The molecule has 1 aromatic heterocycles. The maximum Gasteiger partial charge on any atom is 0.339 e. The van der Waals surface area contributed by atoms with Gasteiger partial charge in [-0.2, -0.15) is 0 Å². The molecule has 1 N–H and O–H groups in total. The first-order valence-electron chi connectivity index (χ1n) is 8.09. The lowest BCUT2D eigenvalue weighted by Gasteiger charge is -2.44. The van der Waals surface area contributed by atoms with E-state index in [9.17, 15) is 9.90 Å². The summed E-state index contributed by atoms with van der Waals surface area (Å²) in [4.78, 5) is 18.3. The summed E-state index contributed by atoms with van der Waals surface area (Å²) in [5.41, 5.74) is 1.25. The first-order chi connectivity index (χ1) is 10.1. The minimum absolute atomic E-state index is 0.353. The van der Waals surface area contributed by atoms with E-state index in [1.54, 1.807) is 12.1 Å². The van der Waals surface area contributed by atoms with Crippen LogP contribution in [0.15, 0.2) is 12.1 Å². The van der Waals surface area contributed by atoms with E-state index in [-0.39, 0.29) is 0 Å². The Morgan fingerprint density at radius 2 is 1.71 bits per heavy atom. The van der Waals surface area contributed by atoms with Crippen molar-refractivity contribution < 1.29 is 9.90 Å². The fourth-order valence-electron chi connectivity index (χ4n) is 4.98. The SMILES string of the molecule is Cc1ccc(C(=O)O)c(N2C[C@@H]3C4CCC(CC4)[C@@H]3C2)n1. The predicted octanol–water partition coefficient (Wildman–Crippen LogP) is 2.96. The zero-order chi connectivity index (χ0) is 14.6. The van der Waals surface area contributed by atoms with Crippen molar-refractivity contribution in [2.45, 2.75) is 32.6 Å². The molecule has 3 aliphatic carbocycles. The van der Waals surface area contributed by atoms with Gasteiger partial charge in [0, 0.05) is 18.8 Å². The Balaban J connectivity index is 1.67. The van der Waals surface area contributed by atoms with Crippen LogP contribution in [0.4, 0.5) is 5.82 Å². The van der Waals surface area contributed by atoms with Crippen molar-refractivity contribution in [1.29, 1.82) is 0 Å². The van der Waals surface area contributed by atoms with E-state index in [1.165, 1.54) is 25.7 Å². The number of carboxylic acids is 1. The number of hydrogen-bond acceptors (Lipinski definition) is 3. The van der Waals surface area contributed by atoms with Crippen molar-refractivity contribution in [3.8, 4) is 0 Å². The average Bonchev–Trinajstić information content (AvgIpc) is 2.95. The third-order valence-corrected chi connectivity index (χ3v) is 5.98. The van der Waals surface area contributed by atoms with Gasteiger partial charge < -0.3 is 10.0 Å². The summed E-state index contributed by atoms with van der Waals surface area (Å²) in [6.45, 7) is 3.94. The van der Waals surface area contributed by atoms with E-state index in [2.05, 4.69) is 9.88 Å². The van der Waals surface area contributed by atoms with Crippen LogP contribution in [0.1, 0.15) is 41.7 Å². The highest BCUT2D eigenvalue weighted by molar-refractivity contribution is 5.93. The van der Waals surface area contributed by atoms with Crippen molar-refractivity contribution >= 4 is 11.8 Å². The Bertz CT molecular complexity index is 558. The Kier molecular flexibility index (Phi) is 2.95. The molecule has 21 heavy (non-hydrogen) atoms. The highest BCUT2D eigenvalue weighted by Crippen LogP contribution is 2.52. The van der Waals surface area contributed by atoms with E-state index in [1.807, 2.05) is 6.92 Å². The molecule has 1 aromatic rings. The minimum atomic E-state index is -0.865. The number of aromatic nitrogens is 1. The van der Waals surface area contributed by atoms with Crippen LogP contribution in [-0.4, -0.2) is 29.1 Å². The number of fused-ring (bicyclic) bond motifs is 2. The molecule has 112 valence electrons. The molecule has 0 aromatic carbocycles. The molecule has 1 saturated heterocycles. The maximum atomic E-state index is 11.5. The zero-order valence-electron chi connectivity index (χ0n) is 12.5. The molecule has 2 bridgehead atoms. The van der Waals surface area contributed by atoms with Crippen LogP contribution in [0.2, 0.25) is 0 Å². The van der Waals surface area contributed by atoms with Gasteiger partial charge in [-0.3, -0.25) is 0 Å². The van der Waals surface area contributed by atoms with Gasteiger partial charge in [0.15, 0.2) is 0 Å². The Labute approximate surface area is 125 Å². The number of nitrogens with zero attached hydrogens (tertiary/aromatic N) is 2. The van der Waals surface area contributed by atoms with Crippen LogP contribution in [0.3, 0.4) is 0 Å². The molecule has 4 nitrogen and oxygen atoms in total. The van der Waals surface area contributed by atoms with Gasteiger partial charge in [0.05, 0.1) is 0 Å². The number of carbonyl (C=O) groups is 1. The van der Waals surface area contributed by atoms with Crippen molar-refractivity contribution in [1.82, 2.24) is 4.98 Å². The Hall–Kier alpha value is -1.58. The van der Waals surface area contributed by atoms with E-state index in [4.69, 9.17) is 0 Å². The summed E-state index contributed by atoms with van der Waals surface area (Å²) < 4.78 is 0. The second-order valence-corrected chi connectivity index (χ2v) is 7.04. The molecule has 4 aliphatic rings. The Morgan fingerprint density at radius 3 is 2.24 bits per heavy atom. The Morgan fingerprint density at radius 1 is 1.14 bits per heavy atom. The smallest absolute Gasteiger partial charge is 0.339 e. The summed E-state index contributed by atoms with van der Waals surface area (Å²) in [5.74, 6) is 3.08. The normalized spacial score (nSPS) is 34.0. The molecule has 0 radical (unpaired) electrons. The number of hydrogen-bond donors (Lipinski definition) is 1. The predicted molar refractivity (Wildman–Crippen MR) is 80.6 cm³/mol. The van der Waals surface area contributed by atoms with Gasteiger partial charge in [-0.05, 0) is 68.4 Å². The number of carboxylic acid groups (broad SMARTS) is 1. The molecule has 0 spiro atoms. The summed E-state index contributed by atoms with van der Waals surface area (Å²) >= 11 is 0. The highest BCUT2D eigenvalue weighted by atomic mass is 16.4. The summed E-state index contributed by atoms with van der Waals surface area (Å²) in [6, 6.07) is 3.50. The van der Waals surface area contributed by atoms with Crippen molar-refractivity contribution in [2.24, 2.45) is 23.7 Å². The molecule has 5 rings (SSSR count). The monoisotopic (exact) mass is 286 g/mol. The first-order valence-corrected chi connectivity index (χ1v) is 8.09. The largest absolute Gasteiger partial charge is 0.478 e. The fourth-order valence-corrected chi connectivity index (χ4v) is 4.98. The number of aryl methyl sites for hydroxylation is 1. The minimum Gasteiger partial charge on any atom is -0.478 e. The molecular weight excluding hydrogens is 264 g/mol. The van der Waals surface area contributed by atoms with Gasteiger partial charge in [0.25, 0.3) is 0 Å². The zero-order valence-corrected chi connectivity index (χ0v) is 12.5. The third kappa shape index (κ3) is 2.03. The van der Waals surface area contributed by atoms with E-state index in [0.717, 1.165) is 42.5 Å². The van der Waals surface area contributed by atoms with Gasteiger partial charge in [0.1, 0.15) is 11.4 Å². The lowest BCUT2D eigenvalue weighted by Crippen LogP contribution is -2.38. The van der Waals surface area contributed by atoms with Crippen LogP contribution in [0, 0.1) is 30.6 Å². The highest BCUT2D eigenvalue weighted by Gasteiger charge is 2.48. The number of aromatic carboxylic acids is 1. The molecule has 1 aliphatic heterocycles. The molecule has 0 unspecified atom stereocenters. The van der Waals surface area contributed by atoms with E-state index < -0.39 is 5.97 Å². The first kappa shape index (κ1) is 13.1. The van der Waals surface area contributed by atoms with Crippen LogP contribution < -0.4 is 4.90 Å². The number of anilines is 1. The second-order valence-electron chi connectivity index (χ2n) is 7.04. The van der Waals surface area contributed by atoms with Crippen molar-refractivity contribution in [3.63, 3.8) is 0 Å². The van der Waals surface area contributed by atoms with E-state index >= 15 is 0 Å². The molecule has 2 heterocycles. The topological polar surface area (TPSA) is 53.4 Å². The standard InChI is InChI=1S/C17H22N2O2/c1-10-2-7-13(17(20)21)16(18-10)19-8-14-11-3-4-12(6-5-11)15(14)9-19/h2,7,11-12,14-15H,3-6,8-9H2,1H3,(H,20,21)/t11?,12?,14-,15+. The van der Waals surface area contributed by atoms with Crippen molar-refractivity contribution in [2.75, 3.05) is 18.0 Å². The van der Waals surface area contributed by atoms with Gasteiger partial charge in [-0.25, -0.2) is 9.78 Å². The summed E-state index contributed by atoms with van der Waals surface area (Å²) in [6.07, 6.45) is 5.53. The van der Waals surface area contributed by atoms with Gasteiger partial charge >= 0.3 is 5.97 Å². The molecule has 2 atom stereocenters. The van der Waals surface area contributed by atoms with Gasteiger partial charge in [0.2, 0.25) is 0 Å². The molecule has 4 heteroatoms. The maximum absolute atomic E-state index is 11.5. The van der Waals surface area contributed by atoms with E-state index in [0.29, 0.717) is 11.4 Å². The average molecular weight is 286 g/mol. The molecule has 4 fully saturated rings. The second kappa shape index (κ2) is 4.72. The fraction of sp³-hybridized carbons (Fsp3) is 0.647. The number of rotatable bonds is 2. The lowest BCUT2D eigenvalue weighted by atomic mass is 9.60.